The Morgan fingerprint density at radius 1 is 1.23 bits per heavy atom. The molecule has 0 bridgehead atoms. The average molecular weight is 325 g/mol. The summed E-state index contributed by atoms with van der Waals surface area (Å²) in [5, 5.41) is 0. The van der Waals surface area contributed by atoms with Gasteiger partial charge in [0.15, 0.2) is 5.78 Å². The molecule has 1 N–H and O–H groups in total. The average Bonchev–Trinajstić information content (AvgIpc) is 2.43. The minimum absolute atomic E-state index is 0.112. The van der Waals surface area contributed by atoms with Crippen molar-refractivity contribution in [2.75, 3.05) is 6.54 Å². The Kier molecular flexibility index (Phi) is 4.75. The maximum atomic E-state index is 12.2. The number of hydrogen-bond acceptors (Lipinski definition) is 4. The normalized spacial score (nSPS) is 16.1. The third-order valence-corrected chi connectivity index (χ3v) is 5.07. The van der Waals surface area contributed by atoms with Gasteiger partial charge in [0.2, 0.25) is 0 Å². The maximum Gasteiger partial charge on any atom is 0.294 e. The van der Waals surface area contributed by atoms with Crippen LogP contribution in [-0.4, -0.2) is 36.2 Å². The summed E-state index contributed by atoms with van der Waals surface area (Å²) < 4.78 is 33.1. The number of Topliss-reactive ketones (excluding diaryl/α,β-unsaturated/α-hetero) is 1. The van der Waals surface area contributed by atoms with Crippen molar-refractivity contribution in [1.82, 2.24) is 4.90 Å². The minimum Gasteiger partial charge on any atom is -0.296 e. The number of nitrogens with zero attached hydrogens (tertiary/aromatic N) is 1. The Bertz CT molecular complexity index is 692. The highest BCUT2D eigenvalue weighted by molar-refractivity contribution is 7.85. The van der Waals surface area contributed by atoms with Gasteiger partial charge >= 0.3 is 0 Å². The van der Waals surface area contributed by atoms with Crippen LogP contribution < -0.4 is 0 Å². The maximum absolute atomic E-state index is 12.2. The third kappa shape index (κ3) is 3.39. The Hall–Kier alpha value is -1.24. The highest BCUT2D eigenvalue weighted by Crippen LogP contribution is 2.29. The van der Waals surface area contributed by atoms with Gasteiger partial charge in [-0.15, -0.1) is 0 Å². The van der Waals surface area contributed by atoms with Crippen LogP contribution in [0.25, 0.3) is 0 Å². The van der Waals surface area contributed by atoms with Crippen molar-refractivity contribution in [3.05, 3.63) is 28.8 Å². The fourth-order valence-electron chi connectivity index (χ4n) is 2.80. The topological polar surface area (TPSA) is 74.7 Å². The molecule has 122 valence electrons. The summed E-state index contributed by atoms with van der Waals surface area (Å²) in [5.41, 5.74) is 1.82. The van der Waals surface area contributed by atoms with Crippen LogP contribution in [0.2, 0.25) is 0 Å². The second kappa shape index (κ2) is 6.10. The van der Waals surface area contributed by atoms with E-state index < -0.39 is 10.1 Å². The van der Waals surface area contributed by atoms with E-state index in [-0.39, 0.29) is 16.6 Å². The predicted molar refractivity (Wildman–Crippen MR) is 84.7 cm³/mol. The van der Waals surface area contributed by atoms with Gasteiger partial charge in [0, 0.05) is 30.6 Å². The van der Waals surface area contributed by atoms with Crippen molar-refractivity contribution in [3.8, 4) is 0 Å². The molecule has 0 atom stereocenters. The quantitative estimate of drug-likeness (QED) is 0.680. The van der Waals surface area contributed by atoms with Gasteiger partial charge in [-0.2, -0.15) is 8.42 Å². The van der Waals surface area contributed by atoms with Crippen molar-refractivity contribution < 1.29 is 17.8 Å². The van der Waals surface area contributed by atoms with Gasteiger partial charge in [-0.25, -0.2) is 0 Å². The molecule has 0 saturated carbocycles. The highest BCUT2D eigenvalue weighted by Gasteiger charge is 2.27. The molecule has 0 aliphatic carbocycles. The molecular weight excluding hydrogens is 302 g/mol. The molecule has 0 spiro atoms. The Balaban J connectivity index is 2.59. The van der Waals surface area contributed by atoms with E-state index in [4.69, 9.17) is 0 Å². The lowest BCUT2D eigenvalue weighted by molar-refractivity contribution is 0.0939. The number of ketones is 1. The van der Waals surface area contributed by atoms with E-state index in [0.717, 1.165) is 12.1 Å². The summed E-state index contributed by atoms with van der Waals surface area (Å²) in [6.07, 6.45) is 0.676. The third-order valence-electron chi connectivity index (χ3n) is 4.15. The largest absolute Gasteiger partial charge is 0.296 e. The number of carbonyl (C=O) groups is 1. The number of benzene rings is 1. The van der Waals surface area contributed by atoms with E-state index >= 15 is 0 Å². The molecule has 2 rings (SSSR count). The lowest BCUT2D eigenvalue weighted by Crippen LogP contribution is -2.36. The van der Waals surface area contributed by atoms with E-state index in [1.807, 2.05) is 0 Å². The number of hydrogen-bond donors (Lipinski definition) is 1. The van der Waals surface area contributed by atoms with Crippen LogP contribution in [0.3, 0.4) is 0 Å². The molecule has 0 saturated heterocycles. The highest BCUT2D eigenvalue weighted by atomic mass is 32.2. The first-order valence-electron chi connectivity index (χ1n) is 7.52. The standard InChI is InChI=1S/C16H23NO4S/c1-10(2)16(18)13-7-12-5-6-17(11(3)4)9-14(12)15(8-13)22(19,20)21/h7-8,10-11H,5-6,9H2,1-4H3,(H,19,20,21). The van der Waals surface area contributed by atoms with Crippen molar-refractivity contribution in [2.24, 2.45) is 5.92 Å². The zero-order valence-corrected chi connectivity index (χ0v) is 14.3. The van der Waals surface area contributed by atoms with Crippen LogP contribution in [0, 0.1) is 5.92 Å². The zero-order chi connectivity index (χ0) is 16.7. The fraction of sp³-hybridized carbons (Fsp3) is 0.562. The summed E-state index contributed by atoms with van der Waals surface area (Å²) in [6, 6.07) is 3.39. The van der Waals surface area contributed by atoms with Gasteiger partial charge in [0.1, 0.15) is 0 Å². The summed E-state index contributed by atoms with van der Waals surface area (Å²) in [6.45, 7) is 8.93. The first-order chi connectivity index (χ1) is 10.1. The molecule has 1 aliphatic rings. The van der Waals surface area contributed by atoms with Crippen molar-refractivity contribution in [3.63, 3.8) is 0 Å². The van der Waals surface area contributed by atoms with Gasteiger partial charge in [0.05, 0.1) is 4.90 Å². The smallest absolute Gasteiger partial charge is 0.294 e. The predicted octanol–water partition coefficient (Wildman–Crippen LogP) is 2.54. The molecule has 0 radical (unpaired) electrons. The summed E-state index contributed by atoms with van der Waals surface area (Å²) in [4.78, 5) is 14.2. The van der Waals surface area contributed by atoms with Crippen molar-refractivity contribution in [1.29, 1.82) is 0 Å². The minimum atomic E-state index is -4.35. The summed E-state index contributed by atoms with van der Waals surface area (Å²) >= 11 is 0. The summed E-state index contributed by atoms with van der Waals surface area (Å²) in [5.74, 6) is -0.331. The molecule has 22 heavy (non-hydrogen) atoms. The molecule has 1 aromatic carbocycles. The molecule has 1 heterocycles. The van der Waals surface area contributed by atoms with Gasteiger partial charge in [-0.1, -0.05) is 13.8 Å². The van der Waals surface area contributed by atoms with Gasteiger partial charge in [0.25, 0.3) is 10.1 Å². The van der Waals surface area contributed by atoms with Crippen LogP contribution in [0.1, 0.15) is 49.2 Å². The van der Waals surface area contributed by atoms with Crippen LogP contribution >= 0.6 is 0 Å². The number of rotatable bonds is 4. The Labute approximate surface area is 132 Å². The van der Waals surface area contributed by atoms with Crippen LogP contribution in [0.4, 0.5) is 0 Å². The van der Waals surface area contributed by atoms with Crippen molar-refractivity contribution in [2.45, 2.75) is 51.6 Å². The first kappa shape index (κ1) is 17.1. The second-order valence-corrected chi connectivity index (χ2v) is 7.81. The van der Waals surface area contributed by atoms with Crippen LogP contribution in [0.15, 0.2) is 17.0 Å². The van der Waals surface area contributed by atoms with E-state index in [9.17, 15) is 17.8 Å². The SMILES string of the molecule is CC(C)C(=O)c1cc2c(c(S(=O)(=O)O)c1)CN(C(C)C)CC2. The summed E-state index contributed by atoms with van der Waals surface area (Å²) in [7, 11) is -4.35. The van der Waals surface area contributed by atoms with E-state index in [0.29, 0.717) is 30.1 Å². The molecule has 1 aliphatic heterocycles. The van der Waals surface area contributed by atoms with Crippen LogP contribution in [-0.2, 0) is 23.1 Å². The molecular formula is C16H23NO4S. The van der Waals surface area contributed by atoms with Crippen molar-refractivity contribution >= 4 is 15.9 Å². The van der Waals surface area contributed by atoms with E-state index in [1.165, 1.54) is 6.07 Å². The lowest BCUT2D eigenvalue weighted by atomic mass is 9.92. The zero-order valence-electron chi connectivity index (χ0n) is 13.5. The molecule has 0 aromatic heterocycles. The monoisotopic (exact) mass is 325 g/mol. The molecule has 0 unspecified atom stereocenters. The second-order valence-electron chi connectivity index (χ2n) is 6.42. The fourth-order valence-corrected chi connectivity index (χ4v) is 3.58. The number of carbonyl (C=O) groups excluding carboxylic acids is 1. The first-order valence-corrected chi connectivity index (χ1v) is 8.96. The molecule has 0 fully saturated rings. The van der Waals surface area contributed by atoms with Crippen LogP contribution in [0.5, 0.6) is 0 Å². The molecule has 5 nitrogen and oxygen atoms in total. The van der Waals surface area contributed by atoms with E-state index in [2.05, 4.69) is 18.7 Å². The van der Waals surface area contributed by atoms with Gasteiger partial charge in [-0.3, -0.25) is 14.2 Å². The Morgan fingerprint density at radius 3 is 2.36 bits per heavy atom. The van der Waals surface area contributed by atoms with E-state index in [1.54, 1.807) is 19.9 Å². The Morgan fingerprint density at radius 2 is 1.86 bits per heavy atom. The molecule has 1 aromatic rings. The number of fused-ring (bicyclic) bond motifs is 1. The molecule has 6 heteroatoms. The molecule has 0 amide bonds. The van der Waals surface area contributed by atoms with Gasteiger partial charge < -0.3 is 0 Å². The van der Waals surface area contributed by atoms with Gasteiger partial charge in [-0.05, 0) is 43.5 Å². The lowest BCUT2D eigenvalue weighted by Gasteiger charge is -2.33.